The van der Waals surface area contributed by atoms with Gasteiger partial charge in [-0.25, -0.2) is 9.97 Å². The molecule has 1 aromatic heterocycles. The number of nitrogens with two attached hydrogens (primary N) is 1. The Labute approximate surface area is 101 Å². The van der Waals surface area contributed by atoms with Gasteiger partial charge in [0.2, 0.25) is 0 Å². The molecular formula is C12H20N4O. The summed E-state index contributed by atoms with van der Waals surface area (Å²) in [5.41, 5.74) is 5.66. The van der Waals surface area contributed by atoms with Crippen molar-refractivity contribution in [3.8, 4) is 0 Å². The van der Waals surface area contributed by atoms with Crippen LogP contribution in [0.2, 0.25) is 0 Å². The molecular weight excluding hydrogens is 216 g/mol. The van der Waals surface area contributed by atoms with Gasteiger partial charge in [-0.1, -0.05) is 6.42 Å². The van der Waals surface area contributed by atoms with Crippen LogP contribution in [0.25, 0.3) is 0 Å². The van der Waals surface area contributed by atoms with Gasteiger partial charge in [-0.2, -0.15) is 0 Å². The number of rotatable bonds is 3. The van der Waals surface area contributed by atoms with E-state index in [4.69, 9.17) is 5.73 Å². The predicted molar refractivity (Wildman–Crippen MR) is 67.6 cm³/mol. The zero-order valence-corrected chi connectivity index (χ0v) is 10.2. The van der Waals surface area contributed by atoms with Crippen LogP contribution in [0.3, 0.4) is 0 Å². The summed E-state index contributed by atoms with van der Waals surface area (Å²) in [5.74, 6) is 2.46. The molecule has 94 valence electrons. The number of anilines is 2. The van der Waals surface area contributed by atoms with Crippen molar-refractivity contribution in [3.63, 3.8) is 0 Å². The highest BCUT2D eigenvalue weighted by molar-refractivity contribution is 5.44. The van der Waals surface area contributed by atoms with Crippen LogP contribution in [0.15, 0.2) is 6.07 Å². The predicted octanol–water partition coefficient (Wildman–Crippen LogP) is 1.33. The van der Waals surface area contributed by atoms with Crippen molar-refractivity contribution in [2.75, 3.05) is 17.6 Å². The summed E-state index contributed by atoms with van der Waals surface area (Å²) in [4.78, 5) is 8.30. The van der Waals surface area contributed by atoms with Crippen LogP contribution in [0.5, 0.6) is 0 Å². The first-order valence-corrected chi connectivity index (χ1v) is 6.16. The van der Waals surface area contributed by atoms with Crippen molar-refractivity contribution in [2.24, 2.45) is 5.92 Å². The number of aliphatic hydroxyl groups is 1. The number of hydrogen-bond donors (Lipinski definition) is 3. The van der Waals surface area contributed by atoms with E-state index in [-0.39, 0.29) is 6.10 Å². The molecule has 2 atom stereocenters. The molecule has 0 radical (unpaired) electrons. The smallest absolute Gasteiger partial charge is 0.131 e. The topological polar surface area (TPSA) is 84.1 Å². The molecule has 0 bridgehead atoms. The fourth-order valence-electron chi connectivity index (χ4n) is 2.38. The maximum Gasteiger partial charge on any atom is 0.131 e. The second-order valence-electron chi connectivity index (χ2n) is 4.79. The Kier molecular flexibility index (Phi) is 3.78. The molecule has 0 saturated heterocycles. The zero-order chi connectivity index (χ0) is 12.3. The first kappa shape index (κ1) is 12.1. The molecule has 1 aromatic rings. The van der Waals surface area contributed by atoms with Crippen LogP contribution >= 0.6 is 0 Å². The quantitative estimate of drug-likeness (QED) is 0.737. The Hall–Kier alpha value is -1.36. The molecule has 1 aliphatic rings. The van der Waals surface area contributed by atoms with E-state index in [1.807, 2.05) is 6.92 Å². The van der Waals surface area contributed by atoms with Gasteiger partial charge >= 0.3 is 0 Å². The molecule has 0 spiro atoms. The number of nitrogen functional groups attached to an aromatic ring is 1. The highest BCUT2D eigenvalue weighted by Gasteiger charge is 2.19. The van der Waals surface area contributed by atoms with Gasteiger partial charge < -0.3 is 16.2 Å². The molecule has 2 unspecified atom stereocenters. The fraction of sp³-hybridized carbons (Fsp3) is 0.667. The summed E-state index contributed by atoms with van der Waals surface area (Å²) < 4.78 is 0. The van der Waals surface area contributed by atoms with Crippen molar-refractivity contribution in [1.82, 2.24) is 9.97 Å². The lowest BCUT2D eigenvalue weighted by Gasteiger charge is -2.26. The van der Waals surface area contributed by atoms with E-state index >= 15 is 0 Å². The van der Waals surface area contributed by atoms with Gasteiger partial charge in [0.05, 0.1) is 6.10 Å². The summed E-state index contributed by atoms with van der Waals surface area (Å²) in [6.07, 6.45) is 3.97. The van der Waals surface area contributed by atoms with Crippen molar-refractivity contribution < 1.29 is 5.11 Å². The van der Waals surface area contributed by atoms with Gasteiger partial charge in [-0.05, 0) is 32.1 Å². The average Bonchev–Trinajstić information content (AvgIpc) is 2.25. The van der Waals surface area contributed by atoms with Gasteiger partial charge in [0.1, 0.15) is 17.5 Å². The fourth-order valence-corrected chi connectivity index (χ4v) is 2.38. The Morgan fingerprint density at radius 2 is 2.29 bits per heavy atom. The first-order chi connectivity index (χ1) is 8.13. The lowest BCUT2D eigenvalue weighted by molar-refractivity contribution is 0.104. The Morgan fingerprint density at radius 3 is 3.00 bits per heavy atom. The number of aryl methyl sites for hydroxylation is 1. The maximum atomic E-state index is 9.59. The number of nitrogens with one attached hydrogen (secondary N) is 1. The van der Waals surface area contributed by atoms with Crippen LogP contribution in [0.1, 0.15) is 31.5 Å². The highest BCUT2D eigenvalue weighted by Crippen LogP contribution is 2.24. The average molecular weight is 236 g/mol. The summed E-state index contributed by atoms with van der Waals surface area (Å²) in [6, 6.07) is 1.74. The van der Waals surface area contributed by atoms with Crippen molar-refractivity contribution in [3.05, 3.63) is 11.9 Å². The Bertz CT molecular complexity index is 363. The standard InChI is InChI=1S/C12H20N4O/c1-8-15-11(13)6-12(16-8)14-7-9-3-2-4-10(17)5-9/h6,9-10,17H,2-5,7H2,1H3,(H3,13,14,15,16). The van der Waals surface area contributed by atoms with E-state index in [0.29, 0.717) is 17.6 Å². The van der Waals surface area contributed by atoms with Gasteiger partial charge in [0.25, 0.3) is 0 Å². The lowest BCUT2D eigenvalue weighted by Crippen LogP contribution is -2.25. The highest BCUT2D eigenvalue weighted by atomic mass is 16.3. The van der Waals surface area contributed by atoms with E-state index in [1.54, 1.807) is 6.07 Å². The van der Waals surface area contributed by atoms with Crippen molar-refractivity contribution >= 4 is 11.6 Å². The third kappa shape index (κ3) is 3.56. The van der Waals surface area contributed by atoms with Crippen LogP contribution in [0.4, 0.5) is 11.6 Å². The van der Waals surface area contributed by atoms with Crippen molar-refractivity contribution in [1.29, 1.82) is 0 Å². The molecule has 17 heavy (non-hydrogen) atoms. The number of hydrogen-bond acceptors (Lipinski definition) is 5. The maximum absolute atomic E-state index is 9.59. The SMILES string of the molecule is Cc1nc(N)cc(NCC2CCCC(O)C2)n1. The zero-order valence-electron chi connectivity index (χ0n) is 10.2. The molecule has 1 aliphatic carbocycles. The molecule has 1 fully saturated rings. The molecule has 5 nitrogen and oxygen atoms in total. The second kappa shape index (κ2) is 5.31. The second-order valence-corrected chi connectivity index (χ2v) is 4.79. The van der Waals surface area contributed by atoms with Crippen LogP contribution in [-0.4, -0.2) is 27.7 Å². The summed E-state index contributed by atoms with van der Waals surface area (Å²) >= 11 is 0. The summed E-state index contributed by atoms with van der Waals surface area (Å²) in [7, 11) is 0. The largest absolute Gasteiger partial charge is 0.393 e. The molecule has 0 amide bonds. The van der Waals surface area contributed by atoms with E-state index in [1.165, 1.54) is 6.42 Å². The van der Waals surface area contributed by atoms with Gasteiger partial charge in [0, 0.05) is 12.6 Å². The van der Waals surface area contributed by atoms with Gasteiger partial charge in [0.15, 0.2) is 0 Å². The minimum absolute atomic E-state index is 0.132. The van der Waals surface area contributed by atoms with E-state index in [0.717, 1.165) is 31.6 Å². The third-order valence-electron chi connectivity index (χ3n) is 3.18. The van der Waals surface area contributed by atoms with Crippen LogP contribution < -0.4 is 11.1 Å². The van der Waals surface area contributed by atoms with Crippen LogP contribution in [0, 0.1) is 12.8 Å². The number of nitrogens with zero attached hydrogens (tertiary/aromatic N) is 2. The normalized spacial score (nSPS) is 24.6. The van der Waals surface area contributed by atoms with Gasteiger partial charge in [-0.15, -0.1) is 0 Å². The minimum atomic E-state index is -0.132. The molecule has 4 N–H and O–H groups in total. The monoisotopic (exact) mass is 236 g/mol. The lowest BCUT2D eigenvalue weighted by atomic mass is 9.87. The molecule has 0 aliphatic heterocycles. The van der Waals surface area contributed by atoms with E-state index in [2.05, 4.69) is 15.3 Å². The van der Waals surface area contributed by atoms with E-state index in [9.17, 15) is 5.11 Å². The molecule has 5 heteroatoms. The van der Waals surface area contributed by atoms with Gasteiger partial charge in [-0.3, -0.25) is 0 Å². The minimum Gasteiger partial charge on any atom is -0.393 e. The summed E-state index contributed by atoms with van der Waals surface area (Å²) in [5, 5.41) is 12.9. The third-order valence-corrected chi connectivity index (χ3v) is 3.18. The Balaban J connectivity index is 1.88. The number of aromatic nitrogens is 2. The molecule has 1 heterocycles. The Morgan fingerprint density at radius 1 is 1.47 bits per heavy atom. The van der Waals surface area contributed by atoms with E-state index < -0.39 is 0 Å². The molecule has 2 rings (SSSR count). The number of aliphatic hydroxyl groups excluding tert-OH is 1. The molecule has 0 aromatic carbocycles. The van der Waals surface area contributed by atoms with Crippen LogP contribution in [-0.2, 0) is 0 Å². The first-order valence-electron chi connectivity index (χ1n) is 6.16. The van der Waals surface area contributed by atoms with Crippen molar-refractivity contribution in [2.45, 2.75) is 38.7 Å². The summed E-state index contributed by atoms with van der Waals surface area (Å²) in [6.45, 7) is 2.67. The molecule has 1 saturated carbocycles.